The highest BCUT2D eigenvalue weighted by atomic mass is 19.4. The molecule has 2 amide bonds. The fourth-order valence-corrected chi connectivity index (χ4v) is 4.33. The smallest absolute Gasteiger partial charge is 0.475 e. The van der Waals surface area contributed by atoms with Gasteiger partial charge in [0.25, 0.3) is 5.91 Å². The van der Waals surface area contributed by atoms with Gasteiger partial charge < -0.3 is 15.3 Å². The van der Waals surface area contributed by atoms with Gasteiger partial charge in [-0.05, 0) is 37.5 Å². The van der Waals surface area contributed by atoms with Crippen molar-refractivity contribution in [2.24, 2.45) is 0 Å². The van der Waals surface area contributed by atoms with Crippen LogP contribution in [0.2, 0.25) is 0 Å². The number of pyridine rings is 1. The Bertz CT molecular complexity index is 1020. The van der Waals surface area contributed by atoms with Gasteiger partial charge in [0.2, 0.25) is 5.91 Å². The third-order valence-corrected chi connectivity index (χ3v) is 5.94. The van der Waals surface area contributed by atoms with Gasteiger partial charge in [0.05, 0.1) is 5.54 Å². The molecule has 2 N–H and O–H groups in total. The predicted octanol–water partition coefficient (Wildman–Crippen LogP) is 3.30. The van der Waals surface area contributed by atoms with Crippen molar-refractivity contribution < 1.29 is 32.7 Å². The lowest BCUT2D eigenvalue weighted by molar-refractivity contribution is -0.192. The topological polar surface area (TPSA) is 99.6 Å². The number of carboxylic acids is 1. The lowest BCUT2D eigenvalue weighted by Crippen LogP contribution is -2.54. The maximum Gasteiger partial charge on any atom is 0.490 e. The maximum atomic E-state index is 12.7. The van der Waals surface area contributed by atoms with E-state index in [1.807, 2.05) is 42.2 Å². The Morgan fingerprint density at radius 2 is 1.70 bits per heavy atom. The van der Waals surface area contributed by atoms with Gasteiger partial charge in [-0.25, -0.2) is 9.78 Å². The number of rotatable bonds is 2. The highest BCUT2D eigenvalue weighted by Gasteiger charge is 2.49. The molecule has 0 radical (unpaired) electrons. The van der Waals surface area contributed by atoms with Crippen molar-refractivity contribution in [1.82, 2.24) is 15.2 Å². The molecule has 176 valence electrons. The van der Waals surface area contributed by atoms with Crippen LogP contribution in [0.4, 0.5) is 13.2 Å². The molecule has 4 rings (SSSR count). The monoisotopic (exact) mass is 463 g/mol. The first-order valence-corrected chi connectivity index (χ1v) is 10.4. The quantitative estimate of drug-likeness (QED) is 0.712. The number of aromatic nitrogens is 1. The summed E-state index contributed by atoms with van der Waals surface area (Å²) < 4.78 is 31.7. The van der Waals surface area contributed by atoms with Gasteiger partial charge in [0.15, 0.2) is 0 Å². The summed E-state index contributed by atoms with van der Waals surface area (Å²) in [4.78, 5) is 40.0. The number of benzene rings is 1. The van der Waals surface area contributed by atoms with Gasteiger partial charge in [0, 0.05) is 31.1 Å². The highest BCUT2D eigenvalue weighted by Crippen LogP contribution is 2.43. The normalized spacial score (nSPS) is 19.5. The zero-order chi connectivity index (χ0) is 24.2. The molecule has 3 heterocycles. The van der Waals surface area contributed by atoms with Crippen molar-refractivity contribution in [2.45, 2.75) is 43.8 Å². The molecule has 1 atom stereocenters. The van der Waals surface area contributed by atoms with Crippen LogP contribution in [-0.4, -0.2) is 57.6 Å². The van der Waals surface area contributed by atoms with Crippen LogP contribution in [0.15, 0.2) is 48.5 Å². The van der Waals surface area contributed by atoms with E-state index in [-0.39, 0.29) is 23.3 Å². The van der Waals surface area contributed by atoms with Gasteiger partial charge in [-0.1, -0.05) is 36.4 Å². The van der Waals surface area contributed by atoms with Crippen molar-refractivity contribution in [1.29, 1.82) is 0 Å². The largest absolute Gasteiger partial charge is 0.490 e. The molecule has 10 heteroatoms. The Kier molecular flexibility index (Phi) is 7.04. The summed E-state index contributed by atoms with van der Waals surface area (Å²) in [5.41, 5.74) is 2.30. The first-order valence-electron chi connectivity index (χ1n) is 10.4. The van der Waals surface area contributed by atoms with Crippen LogP contribution >= 0.6 is 0 Å². The molecule has 7 nitrogen and oxygen atoms in total. The van der Waals surface area contributed by atoms with Gasteiger partial charge in [-0.2, -0.15) is 13.2 Å². The summed E-state index contributed by atoms with van der Waals surface area (Å²) in [6, 6.07) is 15.8. The first kappa shape index (κ1) is 24.2. The fraction of sp³-hybridized carbons (Fsp3) is 0.391. The number of alkyl halides is 3. The minimum absolute atomic E-state index is 0.0239. The summed E-state index contributed by atoms with van der Waals surface area (Å²) in [6.45, 7) is 3.16. The number of aliphatic carboxylic acids is 1. The first-order chi connectivity index (χ1) is 15.5. The van der Waals surface area contributed by atoms with Gasteiger partial charge in [0.1, 0.15) is 5.69 Å². The zero-order valence-electron chi connectivity index (χ0n) is 17.9. The Morgan fingerprint density at radius 1 is 1.09 bits per heavy atom. The molecule has 0 saturated carbocycles. The van der Waals surface area contributed by atoms with Crippen molar-refractivity contribution in [3.05, 3.63) is 65.5 Å². The minimum Gasteiger partial charge on any atom is -0.475 e. The number of hydrogen-bond acceptors (Lipinski definition) is 4. The van der Waals surface area contributed by atoms with E-state index in [1.165, 1.54) is 5.56 Å². The van der Waals surface area contributed by atoms with Crippen LogP contribution in [0.1, 0.15) is 46.9 Å². The third kappa shape index (κ3) is 5.68. The van der Waals surface area contributed by atoms with Crippen molar-refractivity contribution in [3.63, 3.8) is 0 Å². The fourth-order valence-electron chi connectivity index (χ4n) is 4.33. The molecule has 2 saturated heterocycles. The molecule has 1 unspecified atom stereocenters. The SMILES string of the molecule is Cc1cccc(C(=O)N2CCC3(CC2)NC(=O)CC3c2ccccc2)n1.O=C(O)C(F)(F)F. The number of halogens is 3. The molecule has 2 aliphatic heterocycles. The van der Waals surface area contributed by atoms with E-state index in [9.17, 15) is 22.8 Å². The molecule has 33 heavy (non-hydrogen) atoms. The summed E-state index contributed by atoms with van der Waals surface area (Å²) in [5, 5.41) is 10.4. The van der Waals surface area contributed by atoms with Crippen LogP contribution in [0.3, 0.4) is 0 Å². The second-order valence-corrected chi connectivity index (χ2v) is 8.13. The van der Waals surface area contributed by atoms with Gasteiger partial charge >= 0.3 is 12.1 Å². The van der Waals surface area contributed by atoms with E-state index in [4.69, 9.17) is 9.90 Å². The minimum atomic E-state index is -5.08. The van der Waals surface area contributed by atoms with E-state index in [0.717, 1.165) is 18.5 Å². The van der Waals surface area contributed by atoms with E-state index in [2.05, 4.69) is 22.4 Å². The van der Waals surface area contributed by atoms with Crippen molar-refractivity contribution in [3.8, 4) is 0 Å². The molecule has 1 aromatic carbocycles. The second-order valence-electron chi connectivity index (χ2n) is 8.13. The number of piperidine rings is 1. The lowest BCUT2D eigenvalue weighted by Gasteiger charge is -2.42. The number of carboxylic acid groups (broad SMARTS) is 1. The number of aryl methyl sites for hydroxylation is 1. The molecular formula is C23H24F3N3O4. The van der Waals surface area contributed by atoms with Gasteiger partial charge in [-0.3, -0.25) is 9.59 Å². The average Bonchev–Trinajstić information content (AvgIpc) is 3.09. The van der Waals surface area contributed by atoms with Crippen LogP contribution in [0.5, 0.6) is 0 Å². The van der Waals surface area contributed by atoms with Crippen LogP contribution in [0.25, 0.3) is 0 Å². The number of amides is 2. The van der Waals surface area contributed by atoms with Crippen LogP contribution in [0, 0.1) is 6.92 Å². The number of carbonyl (C=O) groups is 3. The molecule has 1 spiro atoms. The second kappa shape index (κ2) is 9.60. The molecular weight excluding hydrogens is 439 g/mol. The lowest BCUT2D eigenvalue weighted by atomic mass is 9.74. The number of nitrogens with one attached hydrogen (secondary N) is 1. The zero-order valence-corrected chi connectivity index (χ0v) is 17.9. The van der Waals surface area contributed by atoms with Crippen molar-refractivity contribution >= 4 is 17.8 Å². The number of likely N-dealkylation sites (tertiary alicyclic amines) is 1. The molecule has 1 aromatic heterocycles. The summed E-state index contributed by atoms with van der Waals surface area (Å²) >= 11 is 0. The molecule has 2 fully saturated rings. The Labute approximate surface area is 188 Å². The summed E-state index contributed by atoms with van der Waals surface area (Å²) in [6.07, 6.45) is -3.01. The number of hydrogen-bond donors (Lipinski definition) is 2. The van der Waals surface area contributed by atoms with Crippen LogP contribution < -0.4 is 5.32 Å². The predicted molar refractivity (Wildman–Crippen MR) is 112 cm³/mol. The van der Waals surface area contributed by atoms with Crippen molar-refractivity contribution in [2.75, 3.05) is 13.1 Å². The van der Waals surface area contributed by atoms with Gasteiger partial charge in [-0.15, -0.1) is 0 Å². The molecule has 2 aliphatic rings. The van der Waals surface area contributed by atoms with Crippen LogP contribution in [-0.2, 0) is 9.59 Å². The Balaban J connectivity index is 0.000000383. The Hall–Kier alpha value is -3.43. The molecule has 0 aliphatic carbocycles. The highest BCUT2D eigenvalue weighted by molar-refractivity contribution is 5.92. The number of nitrogens with zero attached hydrogens (tertiary/aromatic N) is 2. The van der Waals surface area contributed by atoms with E-state index < -0.39 is 12.1 Å². The maximum absolute atomic E-state index is 12.7. The summed E-state index contributed by atoms with van der Waals surface area (Å²) in [5.74, 6) is -2.50. The molecule has 0 bridgehead atoms. The van der Waals surface area contributed by atoms with E-state index in [0.29, 0.717) is 25.2 Å². The Morgan fingerprint density at radius 3 is 2.24 bits per heavy atom. The average molecular weight is 463 g/mol. The summed E-state index contributed by atoms with van der Waals surface area (Å²) in [7, 11) is 0. The number of carbonyl (C=O) groups excluding carboxylic acids is 2. The standard InChI is InChI=1S/C21H23N3O2.C2HF3O2/c1-15-6-5-9-18(22-15)20(26)24-12-10-21(11-13-24)17(14-19(25)23-21)16-7-3-2-4-8-16;3-2(4,5)1(6)7/h2-9,17H,10-14H2,1H3,(H,23,25);(H,6,7). The third-order valence-electron chi connectivity index (χ3n) is 5.94. The van der Waals surface area contributed by atoms with E-state index >= 15 is 0 Å². The molecule has 2 aromatic rings. The van der Waals surface area contributed by atoms with E-state index in [1.54, 1.807) is 6.07 Å².